The van der Waals surface area contributed by atoms with Gasteiger partial charge in [0.25, 0.3) is 0 Å². The SMILES string of the molecule is CCN1C(=O)[C@H]2[C@H](CC=C3[C@H](c4cccc(C)c4O)C4=C(C[C@H]32)C(=O)C(Br)=CC4=O)C1=O. The van der Waals surface area contributed by atoms with E-state index in [0.29, 0.717) is 35.2 Å². The van der Waals surface area contributed by atoms with Gasteiger partial charge in [-0.15, -0.1) is 0 Å². The number of imide groups is 1. The highest BCUT2D eigenvalue weighted by Gasteiger charge is 2.56. The predicted molar refractivity (Wildman–Crippen MR) is 120 cm³/mol. The summed E-state index contributed by atoms with van der Waals surface area (Å²) in [6.45, 7) is 3.87. The van der Waals surface area contributed by atoms with Gasteiger partial charge in [0.15, 0.2) is 11.6 Å². The molecule has 0 radical (unpaired) electrons. The molecule has 0 unspecified atom stereocenters. The normalized spacial score (nSPS) is 29.5. The van der Waals surface area contributed by atoms with Crippen LogP contribution in [0.1, 0.15) is 36.8 Å². The summed E-state index contributed by atoms with van der Waals surface area (Å²) in [5, 5.41) is 10.9. The lowest BCUT2D eigenvalue weighted by atomic mass is 9.59. The molecule has 1 aromatic carbocycles. The fraction of sp³-hybridized carbons (Fsp3) is 0.360. The number of phenolic OH excluding ortho intramolecular Hbond substituents is 1. The number of fused-ring (bicyclic) bond motifs is 3. The van der Waals surface area contributed by atoms with Gasteiger partial charge < -0.3 is 5.11 Å². The van der Waals surface area contributed by atoms with Gasteiger partial charge in [0.05, 0.1) is 16.3 Å². The number of rotatable bonds is 2. The summed E-state index contributed by atoms with van der Waals surface area (Å²) in [6.07, 6.45) is 3.88. The maximum atomic E-state index is 13.2. The summed E-state index contributed by atoms with van der Waals surface area (Å²) in [7, 11) is 0. The van der Waals surface area contributed by atoms with E-state index in [2.05, 4.69) is 15.9 Å². The molecule has 1 heterocycles. The zero-order valence-corrected chi connectivity index (χ0v) is 19.3. The number of benzene rings is 1. The molecule has 2 amide bonds. The lowest BCUT2D eigenvalue weighted by molar-refractivity contribution is -0.139. The van der Waals surface area contributed by atoms with Gasteiger partial charge in [-0.3, -0.25) is 24.1 Å². The molecule has 7 heteroatoms. The summed E-state index contributed by atoms with van der Waals surface area (Å²) >= 11 is 3.21. The Labute approximate surface area is 193 Å². The molecule has 5 rings (SSSR count). The van der Waals surface area contributed by atoms with Gasteiger partial charge in [-0.05, 0) is 54.1 Å². The quantitative estimate of drug-likeness (QED) is 0.385. The van der Waals surface area contributed by atoms with Crippen molar-refractivity contribution in [3.63, 3.8) is 0 Å². The van der Waals surface area contributed by atoms with Crippen LogP contribution in [0.2, 0.25) is 0 Å². The van der Waals surface area contributed by atoms with E-state index in [9.17, 15) is 24.3 Å². The molecule has 0 aromatic heterocycles. The van der Waals surface area contributed by atoms with Crippen molar-refractivity contribution in [2.45, 2.75) is 32.6 Å². The van der Waals surface area contributed by atoms with E-state index in [1.54, 1.807) is 26.0 Å². The van der Waals surface area contributed by atoms with E-state index in [4.69, 9.17) is 0 Å². The van der Waals surface area contributed by atoms with Crippen LogP contribution in [0.4, 0.5) is 0 Å². The third kappa shape index (κ3) is 2.76. The number of amides is 2. The fourth-order valence-electron chi connectivity index (χ4n) is 5.85. The molecule has 3 aliphatic carbocycles. The zero-order valence-electron chi connectivity index (χ0n) is 17.7. The Kier molecular flexibility index (Phi) is 4.85. The number of Topliss-reactive ketones (excluding diaryl/α,β-unsaturated/α-hetero) is 1. The third-order valence-corrected chi connectivity index (χ3v) is 7.91. The van der Waals surface area contributed by atoms with Crippen molar-refractivity contribution < 1.29 is 24.3 Å². The number of hydrogen-bond donors (Lipinski definition) is 1. The van der Waals surface area contributed by atoms with Crippen molar-refractivity contribution in [1.29, 1.82) is 0 Å². The average Bonchev–Trinajstić information content (AvgIpc) is 3.02. The van der Waals surface area contributed by atoms with Crippen molar-refractivity contribution in [2.24, 2.45) is 17.8 Å². The molecule has 1 aliphatic heterocycles. The highest BCUT2D eigenvalue weighted by atomic mass is 79.9. The molecule has 0 spiro atoms. The van der Waals surface area contributed by atoms with E-state index in [1.807, 2.05) is 12.1 Å². The predicted octanol–water partition coefficient (Wildman–Crippen LogP) is 3.48. The number of nitrogens with zero attached hydrogens (tertiary/aromatic N) is 1. The summed E-state index contributed by atoms with van der Waals surface area (Å²) in [4.78, 5) is 53.6. The van der Waals surface area contributed by atoms with Crippen LogP contribution in [0.15, 0.2) is 51.6 Å². The van der Waals surface area contributed by atoms with Crippen LogP contribution < -0.4 is 0 Å². The maximum absolute atomic E-state index is 13.2. The third-order valence-electron chi connectivity index (χ3n) is 7.32. The molecule has 1 saturated heterocycles. The number of carbonyl (C=O) groups excluding carboxylic acids is 4. The van der Waals surface area contributed by atoms with Crippen molar-refractivity contribution in [3.8, 4) is 5.75 Å². The van der Waals surface area contributed by atoms with Gasteiger partial charge in [-0.25, -0.2) is 0 Å². The number of phenols is 1. The van der Waals surface area contributed by atoms with Crippen LogP contribution in [-0.4, -0.2) is 39.9 Å². The van der Waals surface area contributed by atoms with Gasteiger partial charge in [0, 0.05) is 35.2 Å². The summed E-state index contributed by atoms with van der Waals surface area (Å²) in [5.74, 6) is -2.86. The van der Waals surface area contributed by atoms with Gasteiger partial charge in [-0.1, -0.05) is 29.8 Å². The van der Waals surface area contributed by atoms with E-state index in [1.165, 1.54) is 11.0 Å². The largest absolute Gasteiger partial charge is 0.507 e. The number of halogens is 1. The van der Waals surface area contributed by atoms with Crippen molar-refractivity contribution in [3.05, 3.63) is 62.7 Å². The Balaban J connectivity index is 1.73. The van der Waals surface area contributed by atoms with Crippen LogP contribution in [0.5, 0.6) is 5.75 Å². The topological polar surface area (TPSA) is 91.8 Å². The second kappa shape index (κ2) is 7.37. The molecule has 6 nitrogen and oxygen atoms in total. The van der Waals surface area contributed by atoms with Crippen LogP contribution in [-0.2, 0) is 19.2 Å². The average molecular weight is 496 g/mol. The standard InChI is InChI=1S/C25H22BrNO5/c1-3-27-24(31)14-8-7-12-15(20(14)25(27)32)9-16-21(18(28)10-17(26)23(16)30)19(12)13-6-4-5-11(2)22(13)29/h4-7,10,14-15,19-20,29H,3,8-9H2,1-2H3/t14-,15+,19+,20-/m0/s1. The summed E-state index contributed by atoms with van der Waals surface area (Å²) in [6, 6.07) is 5.35. The molecule has 1 aromatic rings. The van der Waals surface area contributed by atoms with E-state index in [-0.39, 0.29) is 46.0 Å². The second-order valence-corrected chi connectivity index (χ2v) is 9.68. The number of ketones is 2. The Bertz CT molecular complexity index is 1210. The minimum atomic E-state index is -0.628. The molecule has 4 aliphatic rings. The van der Waals surface area contributed by atoms with Crippen molar-refractivity contribution in [2.75, 3.05) is 6.54 Å². The highest BCUT2D eigenvalue weighted by Crippen LogP contribution is 2.56. The minimum absolute atomic E-state index is 0.0749. The number of likely N-dealkylation sites (tertiary alicyclic amines) is 1. The Morgan fingerprint density at radius 2 is 1.88 bits per heavy atom. The second-order valence-electron chi connectivity index (χ2n) is 8.83. The molecule has 0 bridgehead atoms. The number of allylic oxidation sites excluding steroid dienone is 6. The lowest BCUT2D eigenvalue weighted by Gasteiger charge is -2.42. The first-order chi connectivity index (χ1) is 15.3. The Morgan fingerprint density at radius 1 is 1.12 bits per heavy atom. The zero-order chi connectivity index (χ0) is 22.9. The van der Waals surface area contributed by atoms with Crippen molar-refractivity contribution in [1.82, 2.24) is 4.90 Å². The van der Waals surface area contributed by atoms with Gasteiger partial charge in [-0.2, -0.15) is 0 Å². The van der Waals surface area contributed by atoms with Gasteiger partial charge >= 0.3 is 0 Å². The van der Waals surface area contributed by atoms with Crippen LogP contribution in [0.25, 0.3) is 0 Å². The molecule has 0 saturated carbocycles. The smallest absolute Gasteiger partial charge is 0.233 e. The molecule has 1 fully saturated rings. The first kappa shape index (κ1) is 21.1. The van der Waals surface area contributed by atoms with Gasteiger partial charge in [0.2, 0.25) is 11.8 Å². The monoisotopic (exact) mass is 495 g/mol. The first-order valence-corrected chi connectivity index (χ1v) is 11.6. The van der Waals surface area contributed by atoms with E-state index in [0.717, 1.165) is 5.57 Å². The highest BCUT2D eigenvalue weighted by molar-refractivity contribution is 9.12. The number of carbonyl (C=O) groups is 4. The first-order valence-electron chi connectivity index (χ1n) is 10.8. The number of para-hydroxylation sites is 1. The fourth-order valence-corrected chi connectivity index (χ4v) is 6.30. The molecular weight excluding hydrogens is 474 g/mol. The lowest BCUT2D eigenvalue weighted by Crippen LogP contribution is -2.39. The van der Waals surface area contributed by atoms with Gasteiger partial charge in [0.1, 0.15) is 5.75 Å². The summed E-state index contributed by atoms with van der Waals surface area (Å²) in [5.41, 5.74) is 2.79. The van der Waals surface area contributed by atoms with Crippen LogP contribution in [0, 0.1) is 24.7 Å². The van der Waals surface area contributed by atoms with E-state index >= 15 is 0 Å². The maximum Gasteiger partial charge on any atom is 0.233 e. The number of aromatic hydroxyl groups is 1. The van der Waals surface area contributed by atoms with Crippen LogP contribution >= 0.6 is 15.9 Å². The molecule has 4 atom stereocenters. The molecular formula is C25H22BrNO5. The number of hydrogen-bond acceptors (Lipinski definition) is 5. The Morgan fingerprint density at radius 3 is 2.59 bits per heavy atom. The molecule has 164 valence electrons. The summed E-state index contributed by atoms with van der Waals surface area (Å²) < 4.78 is 0.192. The molecule has 1 N–H and O–H groups in total. The van der Waals surface area contributed by atoms with Crippen molar-refractivity contribution >= 4 is 39.3 Å². The number of aryl methyl sites for hydroxylation is 1. The Hall–Kier alpha value is -2.80. The minimum Gasteiger partial charge on any atom is -0.507 e. The van der Waals surface area contributed by atoms with E-state index < -0.39 is 17.8 Å². The molecule has 32 heavy (non-hydrogen) atoms. The van der Waals surface area contributed by atoms with Crippen LogP contribution in [0.3, 0.4) is 0 Å².